The SMILES string of the molecule is O=C(Nc1ccccc1-c1cccs1)N1CCN(C(=O)c2ccco2)CC1. The first-order valence-corrected chi connectivity index (χ1v) is 9.62. The number of rotatable bonds is 3. The van der Waals surface area contributed by atoms with Crippen LogP contribution in [0.5, 0.6) is 0 Å². The maximum atomic E-state index is 12.7. The van der Waals surface area contributed by atoms with Crippen molar-refractivity contribution in [2.75, 3.05) is 31.5 Å². The lowest BCUT2D eigenvalue weighted by molar-refractivity contribution is 0.0640. The van der Waals surface area contributed by atoms with Crippen LogP contribution < -0.4 is 5.32 Å². The van der Waals surface area contributed by atoms with Crippen LogP contribution in [-0.4, -0.2) is 47.9 Å². The minimum Gasteiger partial charge on any atom is -0.459 e. The monoisotopic (exact) mass is 381 g/mol. The van der Waals surface area contributed by atoms with E-state index in [4.69, 9.17) is 4.42 Å². The van der Waals surface area contributed by atoms with Crippen molar-refractivity contribution >= 4 is 29.0 Å². The highest BCUT2D eigenvalue weighted by atomic mass is 32.1. The van der Waals surface area contributed by atoms with Crippen molar-refractivity contribution in [2.45, 2.75) is 0 Å². The molecule has 3 aromatic rings. The molecular weight excluding hydrogens is 362 g/mol. The quantitative estimate of drug-likeness (QED) is 0.746. The number of nitrogens with one attached hydrogen (secondary N) is 1. The summed E-state index contributed by atoms with van der Waals surface area (Å²) in [6.45, 7) is 1.94. The second-order valence-corrected chi connectivity index (χ2v) is 7.16. The highest BCUT2D eigenvalue weighted by molar-refractivity contribution is 7.13. The summed E-state index contributed by atoms with van der Waals surface area (Å²) in [6, 6.07) is 15.0. The number of thiophene rings is 1. The first-order chi connectivity index (χ1) is 13.2. The van der Waals surface area contributed by atoms with Gasteiger partial charge in [-0.15, -0.1) is 11.3 Å². The molecule has 3 heterocycles. The molecule has 0 bridgehead atoms. The molecule has 7 heteroatoms. The number of carbonyl (C=O) groups is 2. The number of nitrogens with zero attached hydrogens (tertiary/aromatic N) is 2. The van der Waals surface area contributed by atoms with E-state index in [0.29, 0.717) is 31.9 Å². The summed E-state index contributed by atoms with van der Waals surface area (Å²) in [5.74, 6) is 0.195. The molecule has 3 amide bonds. The third-order valence-corrected chi connectivity index (χ3v) is 5.44. The van der Waals surface area contributed by atoms with Crippen molar-refractivity contribution < 1.29 is 14.0 Å². The molecule has 0 atom stereocenters. The molecule has 27 heavy (non-hydrogen) atoms. The zero-order valence-electron chi connectivity index (χ0n) is 14.6. The molecule has 0 spiro atoms. The van der Waals surface area contributed by atoms with Gasteiger partial charge in [0.05, 0.1) is 12.0 Å². The second-order valence-electron chi connectivity index (χ2n) is 6.21. The van der Waals surface area contributed by atoms with Crippen LogP contribution in [0.3, 0.4) is 0 Å². The van der Waals surface area contributed by atoms with Gasteiger partial charge in [-0.25, -0.2) is 4.79 Å². The van der Waals surface area contributed by atoms with E-state index in [1.54, 1.807) is 33.3 Å². The average Bonchev–Trinajstić information content (AvgIpc) is 3.42. The highest BCUT2D eigenvalue weighted by Gasteiger charge is 2.26. The van der Waals surface area contributed by atoms with Crippen LogP contribution in [0.2, 0.25) is 0 Å². The van der Waals surface area contributed by atoms with Crippen molar-refractivity contribution in [1.82, 2.24) is 9.80 Å². The minimum atomic E-state index is -0.149. The Labute approximate surface area is 161 Å². The Morgan fingerprint density at radius 1 is 0.926 bits per heavy atom. The Morgan fingerprint density at radius 3 is 2.41 bits per heavy atom. The fourth-order valence-corrected chi connectivity index (χ4v) is 3.87. The number of anilines is 1. The number of hydrogen-bond acceptors (Lipinski definition) is 4. The molecule has 4 rings (SSSR count). The zero-order chi connectivity index (χ0) is 18.6. The lowest BCUT2D eigenvalue weighted by Crippen LogP contribution is -2.51. The van der Waals surface area contributed by atoms with E-state index in [1.807, 2.05) is 41.8 Å². The maximum absolute atomic E-state index is 12.7. The molecule has 1 saturated heterocycles. The number of urea groups is 1. The Hall–Kier alpha value is -3.06. The number of amides is 3. The molecule has 1 aromatic carbocycles. The Bertz CT molecular complexity index is 914. The van der Waals surface area contributed by atoms with E-state index in [1.165, 1.54) is 6.26 Å². The van der Waals surface area contributed by atoms with Crippen LogP contribution >= 0.6 is 11.3 Å². The minimum absolute atomic E-state index is 0.136. The first-order valence-electron chi connectivity index (χ1n) is 8.74. The van der Waals surface area contributed by atoms with Crippen LogP contribution in [0.25, 0.3) is 10.4 Å². The van der Waals surface area contributed by atoms with Gasteiger partial charge in [-0.3, -0.25) is 4.79 Å². The normalized spacial score (nSPS) is 14.2. The van der Waals surface area contributed by atoms with Crippen molar-refractivity contribution in [3.05, 3.63) is 65.9 Å². The Morgan fingerprint density at radius 2 is 1.70 bits per heavy atom. The largest absolute Gasteiger partial charge is 0.459 e. The molecule has 6 nitrogen and oxygen atoms in total. The summed E-state index contributed by atoms with van der Waals surface area (Å²) in [6.07, 6.45) is 1.49. The van der Waals surface area contributed by atoms with Gasteiger partial charge >= 0.3 is 6.03 Å². The highest BCUT2D eigenvalue weighted by Crippen LogP contribution is 2.31. The van der Waals surface area contributed by atoms with E-state index in [-0.39, 0.29) is 11.9 Å². The van der Waals surface area contributed by atoms with E-state index in [9.17, 15) is 9.59 Å². The van der Waals surface area contributed by atoms with Crippen molar-refractivity contribution in [3.63, 3.8) is 0 Å². The standard InChI is InChI=1S/C20H19N3O3S/c24-19(17-7-3-13-26-17)22-9-11-23(12-10-22)20(25)21-16-6-2-1-5-15(16)18-8-4-14-27-18/h1-8,13-14H,9-12H2,(H,21,25). The predicted octanol–water partition coefficient (Wildman–Crippen LogP) is 4.00. The third-order valence-electron chi connectivity index (χ3n) is 4.54. The fourth-order valence-electron chi connectivity index (χ4n) is 3.10. The van der Waals surface area contributed by atoms with Gasteiger partial charge in [0.25, 0.3) is 5.91 Å². The summed E-state index contributed by atoms with van der Waals surface area (Å²) in [4.78, 5) is 29.6. The first kappa shape index (κ1) is 17.4. The molecule has 138 valence electrons. The van der Waals surface area contributed by atoms with E-state index in [2.05, 4.69) is 5.32 Å². The molecule has 1 N–H and O–H groups in total. The van der Waals surface area contributed by atoms with Crippen molar-refractivity contribution in [2.24, 2.45) is 0 Å². The predicted molar refractivity (Wildman–Crippen MR) is 105 cm³/mol. The smallest absolute Gasteiger partial charge is 0.321 e. The fraction of sp³-hybridized carbons (Fsp3) is 0.200. The molecule has 1 aliphatic heterocycles. The lowest BCUT2D eigenvalue weighted by atomic mass is 10.1. The second kappa shape index (κ2) is 7.67. The summed E-state index contributed by atoms with van der Waals surface area (Å²) in [5, 5.41) is 5.03. The molecule has 1 fully saturated rings. The van der Waals surface area contributed by atoms with Crippen LogP contribution in [0.4, 0.5) is 10.5 Å². The molecule has 0 saturated carbocycles. The molecular formula is C20H19N3O3S. The lowest BCUT2D eigenvalue weighted by Gasteiger charge is -2.34. The average molecular weight is 381 g/mol. The van der Waals surface area contributed by atoms with Gasteiger partial charge in [-0.05, 0) is 29.6 Å². The van der Waals surface area contributed by atoms with E-state index >= 15 is 0 Å². The number of hydrogen-bond donors (Lipinski definition) is 1. The summed E-state index contributed by atoms with van der Waals surface area (Å²) >= 11 is 1.64. The summed E-state index contributed by atoms with van der Waals surface area (Å²) < 4.78 is 5.17. The Kier molecular flexibility index (Phi) is 4.93. The topological polar surface area (TPSA) is 65.8 Å². The maximum Gasteiger partial charge on any atom is 0.321 e. The molecule has 2 aromatic heterocycles. The van der Waals surface area contributed by atoms with Gasteiger partial charge in [0.15, 0.2) is 5.76 Å². The number of carbonyl (C=O) groups excluding carboxylic acids is 2. The summed E-state index contributed by atoms with van der Waals surface area (Å²) in [5.41, 5.74) is 1.80. The molecule has 0 aliphatic carbocycles. The zero-order valence-corrected chi connectivity index (χ0v) is 15.4. The van der Waals surface area contributed by atoms with Gasteiger partial charge in [0.2, 0.25) is 0 Å². The van der Waals surface area contributed by atoms with Crippen LogP contribution in [-0.2, 0) is 0 Å². The number of benzene rings is 1. The van der Waals surface area contributed by atoms with Crippen molar-refractivity contribution in [1.29, 1.82) is 0 Å². The van der Waals surface area contributed by atoms with E-state index in [0.717, 1.165) is 16.1 Å². The molecule has 0 unspecified atom stereocenters. The van der Waals surface area contributed by atoms with Crippen LogP contribution in [0.15, 0.2) is 64.6 Å². The molecule has 0 radical (unpaired) electrons. The third kappa shape index (κ3) is 3.73. The summed E-state index contributed by atoms with van der Waals surface area (Å²) in [7, 11) is 0. The van der Waals surface area contributed by atoms with Gasteiger partial charge in [-0.2, -0.15) is 0 Å². The molecule has 1 aliphatic rings. The van der Waals surface area contributed by atoms with E-state index < -0.39 is 0 Å². The van der Waals surface area contributed by atoms with Gasteiger partial charge in [-0.1, -0.05) is 24.3 Å². The number of piperazine rings is 1. The van der Waals surface area contributed by atoms with Crippen LogP contribution in [0, 0.1) is 0 Å². The Balaban J connectivity index is 1.39. The van der Waals surface area contributed by atoms with Crippen LogP contribution in [0.1, 0.15) is 10.6 Å². The van der Waals surface area contributed by atoms with Gasteiger partial charge in [0, 0.05) is 36.6 Å². The van der Waals surface area contributed by atoms with Crippen molar-refractivity contribution in [3.8, 4) is 10.4 Å². The number of para-hydroxylation sites is 1. The van der Waals surface area contributed by atoms with Gasteiger partial charge < -0.3 is 19.5 Å². The van der Waals surface area contributed by atoms with Gasteiger partial charge in [0.1, 0.15) is 0 Å². The number of furan rings is 1.